The van der Waals surface area contributed by atoms with Gasteiger partial charge in [0.1, 0.15) is 5.75 Å². The number of ether oxygens (including phenoxy) is 1. The molecule has 7 aromatic rings. The molecule has 7 aromatic carbocycles. The van der Waals surface area contributed by atoms with Gasteiger partial charge < -0.3 is 9.64 Å². The van der Waals surface area contributed by atoms with Crippen LogP contribution in [0.4, 0.5) is 17.1 Å². The molecule has 0 bridgehead atoms. The Labute approximate surface area is 326 Å². The summed E-state index contributed by atoms with van der Waals surface area (Å²) in [6, 6.07) is 64.2. The van der Waals surface area contributed by atoms with Crippen molar-refractivity contribution in [1.29, 1.82) is 0 Å². The van der Waals surface area contributed by atoms with Gasteiger partial charge in [-0.15, -0.1) is 0 Å². The van der Waals surface area contributed by atoms with Gasteiger partial charge in [0.25, 0.3) is 0 Å². The number of aryl methyl sites for hydroxylation is 2. The normalized spacial score (nSPS) is 12.0. The minimum atomic E-state index is 0.826. The van der Waals surface area contributed by atoms with Crippen LogP contribution in [0, 0.1) is 13.8 Å². The molecule has 0 saturated heterocycles. The Morgan fingerprint density at radius 2 is 0.745 bits per heavy atom. The van der Waals surface area contributed by atoms with Crippen molar-refractivity contribution < 1.29 is 4.74 Å². The SMILES string of the molecule is COc1ccc(N(c2ccc(C=CC=C(c3ccccc3)c3ccc(C)cc3)cc2)c2ccc(C=CC=C(c3ccccc3)c3ccc(C)cc3)cc2)cc1. The molecule has 2 nitrogen and oxygen atoms in total. The summed E-state index contributed by atoms with van der Waals surface area (Å²) in [5.41, 5.74) is 15.1. The molecule has 7 rings (SSSR count). The number of benzene rings is 7. The largest absolute Gasteiger partial charge is 0.497 e. The van der Waals surface area contributed by atoms with Crippen LogP contribution in [0.5, 0.6) is 5.75 Å². The second-order valence-electron chi connectivity index (χ2n) is 13.6. The van der Waals surface area contributed by atoms with E-state index in [1.54, 1.807) is 7.11 Å². The van der Waals surface area contributed by atoms with Crippen LogP contribution in [-0.4, -0.2) is 7.11 Å². The van der Waals surface area contributed by atoms with E-state index >= 15 is 0 Å². The zero-order valence-corrected chi connectivity index (χ0v) is 31.6. The number of rotatable bonds is 12. The third-order valence-corrected chi connectivity index (χ3v) is 9.63. The molecule has 0 N–H and O–H groups in total. The highest BCUT2D eigenvalue weighted by atomic mass is 16.5. The van der Waals surface area contributed by atoms with Crippen molar-refractivity contribution in [2.75, 3.05) is 12.0 Å². The summed E-state index contributed by atoms with van der Waals surface area (Å²) < 4.78 is 5.48. The monoisotopic (exact) mass is 711 g/mol. The number of hydrogen-bond acceptors (Lipinski definition) is 2. The molecule has 0 saturated carbocycles. The van der Waals surface area contributed by atoms with E-state index in [0.29, 0.717) is 0 Å². The van der Waals surface area contributed by atoms with E-state index in [1.165, 1.54) is 44.5 Å². The lowest BCUT2D eigenvalue weighted by atomic mass is 9.96. The fourth-order valence-corrected chi connectivity index (χ4v) is 6.58. The predicted molar refractivity (Wildman–Crippen MR) is 235 cm³/mol. The van der Waals surface area contributed by atoms with E-state index in [9.17, 15) is 0 Å². The Bertz CT molecular complexity index is 2250. The van der Waals surface area contributed by atoms with Crippen LogP contribution >= 0.6 is 0 Å². The molecule has 268 valence electrons. The Hall–Kier alpha value is -6.90. The zero-order valence-electron chi connectivity index (χ0n) is 31.6. The Kier molecular flexibility index (Phi) is 11.8. The fourth-order valence-electron chi connectivity index (χ4n) is 6.58. The van der Waals surface area contributed by atoms with Crippen LogP contribution in [0.15, 0.2) is 206 Å². The van der Waals surface area contributed by atoms with E-state index in [2.05, 4.69) is 225 Å². The summed E-state index contributed by atoms with van der Waals surface area (Å²) >= 11 is 0. The van der Waals surface area contributed by atoms with Gasteiger partial charge >= 0.3 is 0 Å². The molecule has 0 heterocycles. The van der Waals surface area contributed by atoms with Crippen molar-refractivity contribution >= 4 is 40.4 Å². The maximum atomic E-state index is 5.48. The Morgan fingerprint density at radius 3 is 1.11 bits per heavy atom. The van der Waals surface area contributed by atoms with Crippen LogP contribution in [0.1, 0.15) is 44.5 Å². The molecule has 0 aliphatic heterocycles. The lowest BCUT2D eigenvalue weighted by molar-refractivity contribution is 0.415. The molecule has 0 atom stereocenters. The Morgan fingerprint density at radius 1 is 0.400 bits per heavy atom. The molecule has 55 heavy (non-hydrogen) atoms. The van der Waals surface area contributed by atoms with Gasteiger partial charge in [-0.1, -0.05) is 181 Å². The average Bonchev–Trinajstić information content (AvgIpc) is 3.24. The van der Waals surface area contributed by atoms with Gasteiger partial charge in [0.2, 0.25) is 0 Å². The molecular weight excluding hydrogens is 667 g/mol. The highest BCUT2D eigenvalue weighted by molar-refractivity contribution is 5.83. The maximum absolute atomic E-state index is 5.48. The number of nitrogens with zero attached hydrogens (tertiary/aromatic N) is 1. The summed E-state index contributed by atoms with van der Waals surface area (Å²) in [7, 11) is 1.70. The number of hydrogen-bond donors (Lipinski definition) is 0. The first kappa shape index (κ1) is 36.5. The van der Waals surface area contributed by atoms with Gasteiger partial charge in [0, 0.05) is 17.1 Å². The van der Waals surface area contributed by atoms with Crippen LogP contribution in [0.3, 0.4) is 0 Å². The minimum Gasteiger partial charge on any atom is -0.497 e. The Balaban J connectivity index is 1.14. The zero-order chi connectivity index (χ0) is 37.8. The van der Waals surface area contributed by atoms with Gasteiger partial charge in [-0.25, -0.2) is 0 Å². The van der Waals surface area contributed by atoms with Gasteiger partial charge in [0.15, 0.2) is 0 Å². The van der Waals surface area contributed by atoms with E-state index in [-0.39, 0.29) is 0 Å². The molecule has 0 unspecified atom stereocenters. The molecule has 0 aliphatic carbocycles. The van der Waals surface area contributed by atoms with E-state index in [1.807, 2.05) is 12.1 Å². The first-order chi connectivity index (χ1) is 27.0. The quantitative estimate of drug-likeness (QED) is 0.117. The molecular formula is C53H45NO. The predicted octanol–water partition coefficient (Wildman–Crippen LogP) is 14.1. The van der Waals surface area contributed by atoms with Gasteiger partial charge in [-0.05, 0) is 107 Å². The summed E-state index contributed by atoms with van der Waals surface area (Å²) in [6.45, 7) is 4.24. The average molecular weight is 712 g/mol. The fraction of sp³-hybridized carbons (Fsp3) is 0.0566. The molecule has 0 fully saturated rings. The van der Waals surface area contributed by atoms with Crippen LogP contribution < -0.4 is 9.64 Å². The van der Waals surface area contributed by atoms with Gasteiger partial charge in [0.05, 0.1) is 7.11 Å². The molecule has 2 heteroatoms. The van der Waals surface area contributed by atoms with E-state index in [0.717, 1.165) is 33.9 Å². The summed E-state index contributed by atoms with van der Waals surface area (Å²) in [6.07, 6.45) is 13.0. The van der Waals surface area contributed by atoms with Crippen LogP contribution in [0.2, 0.25) is 0 Å². The topological polar surface area (TPSA) is 12.5 Å². The molecule has 0 aliphatic rings. The van der Waals surface area contributed by atoms with Crippen LogP contribution in [0.25, 0.3) is 23.3 Å². The lowest BCUT2D eigenvalue weighted by Gasteiger charge is -2.26. The van der Waals surface area contributed by atoms with E-state index in [4.69, 9.17) is 4.74 Å². The minimum absolute atomic E-state index is 0.826. The third kappa shape index (κ3) is 9.37. The van der Waals surface area contributed by atoms with Crippen molar-refractivity contribution in [3.8, 4) is 5.75 Å². The second-order valence-corrected chi connectivity index (χ2v) is 13.6. The summed E-state index contributed by atoms with van der Waals surface area (Å²) in [5.74, 6) is 0.826. The number of allylic oxidation sites excluding steroid dienone is 4. The van der Waals surface area contributed by atoms with Crippen molar-refractivity contribution in [3.63, 3.8) is 0 Å². The molecule has 0 spiro atoms. The highest BCUT2D eigenvalue weighted by Crippen LogP contribution is 2.36. The summed E-state index contributed by atoms with van der Waals surface area (Å²) in [4.78, 5) is 2.27. The standard InChI is InChI=1S/C53H45NO/c1-40-20-28-46(29-21-40)52(44-14-6-4-7-15-44)18-10-12-42-24-32-48(33-25-42)54(50-36-38-51(55-3)39-37-50)49-34-26-43(27-35-49)13-11-19-53(45-16-8-5-9-17-45)47-30-22-41(2)23-31-47/h4-39H,1-3H3. The van der Waals surface area contributed by atoms with Crippen molar-refractivity contribution in [2.24, 2.45) is 0 Å². The molecule has 0 radical (unpaired) electrons. The first-order valence-corrected chi connectivity index (χ1v) is 18.7. The molecule has 0 amide bonds. The molecule has 0 aromatic heterocycles. The van der Waals surface area contributed by atoms with Crippen molar-refractivity contribution in [2.45, 2.75) is 13.8 Å². The summed E-state index contributed by atoms with van der Waals surface area (Å²) in [5, 5.41) is 0. The van der Waals surface area contributed by atoms with Crippen molar-refractivity contribution in [1.82, 2.24) is 0 Å². The third-order valence-electron chi connectivity index (χ3n) is 9.63. The van der Waals surface area contributed by atoms with Gasteiger partial charge in [-0.3, -0.25) is 0 Å². The maximum Gasteiger partial charge on any atom is 0.119 e. The van der Waals surface area contributed by atoms with E-state index < -0.39 is 0 Å². The lowest BCUT2D eigenvalue weighted by Crippen LogP contribution is -2.09. The number of methoxy groups -OCH3 is 1. The van der Waals surface area contributed by atoms with Gasteiger partial charge in [-0.2, -0.15) is 0 Å². The van der Waals surface area contributed by atoms with Crippen molar-refractivity contribution in [3.05, 3.63) is 251 Å². The second kappa shape index (κ2) is 17.7. The van der Waals surface area contributed by atoms with Crippen LogP contribution in [-0.2, 0) is 0 Å². The smallest absolute Gasteiger partial charge is 0.119 e. The first-order valence-electron chi connectivity index (χ1n) is 18.7. The number of anilines is 3. The highest BCUT2D eigenvalue weighted by Gasteiger charge is 2.13.